The lowest BCUT2D eigenvalue weighted by Crippen LogP contribution is -2.07. The SMILES string of the molecule is COc1ccc(-c2ccncc2)cc1S(=O)(=O)Cc1cnc2ccccc2c1. The molecule has 0 saturated heterocycles. The summed E-state index contributed by atoms with van der Waals surface area (Å²) >= 11 is 0. The number of pyridine rings is 2. The molecule has 4 rings (SSSR count). The van der Waals surface area contributed by atoms with Crippen molar-refractivity contribution in [2.24, 2.45) is 0 Å². The fraction of sp³-hybridized carbons (Fsp3) is 0.0909. The van der Waals surface area contributed by atoms with Crippen LogP contribution in [0.15, 0.2) is 84.1 Å². The standard InChI is InChI=1S/C22H18N2O3S/c1-27-21-7-6-18(17-8-10-23-11-9-17)13-22(21)28(25,26)15-16-12-19-4-2-3-5-20(19)24-14-16/h2-14H,15H2,1H3. The van der Waals surface area contributed by atoms with Crippen molar-refractivity contribution in [3.05, 3.63) is 84.8 Å². The minimum Gasteiger partial charge on any atom is -0.495 e. The summed E-state index contributed by atoms with van der Waals surface area (Å²) in [7, 11) is -2.17. The number of sulfone groups is 1. The van der Waals surface area contributed by atoms with Gasteiger partial charge >= 0.3 is 0 Å². The second-order valence-electron chi connectivity index (χ2n) is 6.40. The molecule has 0 radical (unpaired) electrons. The Morgan fingerprint density at radius 3 is 2.50 bits per heavy atom. The van der Waals surface area contributed by atoms with E-state index in [1.165, 1.54) is 7.11 Å². The van der Waals surface area contributed by atoms with Gasteiger partial charge in [-0.15, -0.1) is 0 Å². The van der Waals surface area contributed by atoms with Crippen molar-refractivity contribution in [2.45, 2.75) is 10.6 Å². The lowest BCUT2D eigenvalue weighted by atomic mass is 10.1. The van der Waals surface area contributed by atoms with Crippen molar-refractivity contribution in [3.63, 3.8) is 0 Å². The van der Waals surface area contributed by atoms with Crippen LogP contribution in [-0.2, 0) is 15.6 Å². The molecule has 0 amide bonds. The minimum atomic E-state index is -3.64. The average molecular weight is 390 g/mol. The van der Waals surface area contributed by atoms with E-state index in [0.717, 1.165) is 22.0 Å². The van der Waals surface area contributed by atoms with E-state index in [1.807, 2.05) is 48.5 Å². The number of para-hydroxylation sites is 1. The molecule has 0 aliphatic rings. The van der Waals surface area contributed by atoms with Crippen molar-refractivity contribution in [3.8, 4) is 16.9 Å². The maximum absolute atomic E-state index is 13.2. The summed E-state index contributed by atoms with van der Waals surface area (Å²) in [4.78, 5) is 8.54. The number of nitrogens with zero attached hydrogens (tertiary/aromatic N) is 2. The average Bonchev–Trinajstić information content (AvgIpc) is 2.73. The molecule has 2 aromatic carbocycles. The molecule has 4 aromatic rings. The van der Waals surface area contributed by atoms with Crippen molar-refractivity contribution < 1.29 is 13.2 Å². The molecule has 0 spiro atoms. The van der Waals surface area contributed by atoms with E-state index in [1.54, 1.807) is 30.7 Å². The number of methoxy groups -OCH3 is 1. The van der Waals surface area contributed by atoms with Gasteiger partial charge in [-0.1, -0.05) is 24.3 Å². The normalized spacial score (nSPS) is 11.5. The quantitative estimate of drug-likeness (QED) is 0.509. The van der Waals surface area contributed by atoms with Crippen LogP contribution in [0.25, 0.3) is 22.0 Å². The van der Waals surface area contributed by atoms with Gasteiger partial charge in [-0.2, -0.15) is 0 Å². The lowest BCUT2D eigenvalue weighted by Gasteiger charge is -2.12. The topological polar surface area (TPSA) is 69.2 Å². The monoisotopic (exact) mass is 390 g/mol. The third-order valence-electron chi connectivity index (χ3n) is 4.52. The van der Waals surface area contributed by atoms with Gasteiger partial charge in [-0.25, -0.2) is 8.42 Å². The highest BCUT2D eigenvalue weighted by Gasteiger charge is 2.21. The van der Waals surface area contributed by atoms with Gasteiger partial charge in [0.2, 0.25) is 0 Å². The zero-order valence-corrected chi connectivity index (χ0v) is 16.1. The zero-order valence-electron chi connectivity index (χ0n) is 15.2. The molecule has 0 saturated carbocycles. The minimum absolute atomic E-state index is 0.152. The highest BCUT2D eigenvalue weighted by molar-refractivity contribution is 7.90. The Kier molecular flexibility index (Phi) is 4.79. The number of rotatable bonds is 5. The summed E-state index contributed by atoms with van der Waals surface area (Å²) in [5.74, 6) is 0.174. The summed E-state index contributed by atoms with van der Waals surface area (Å²) in [6.07, 6.45) is 4.96. The second-order valence-corrected chi connectivity index (χ2v) is 8.35. The van der Waals surface area contributed by atoms with Gasteiger partial charge in [0.25, 0.3) is 0 Å². The first-order valence-corrected chi connectivity index (χ1v) is 10.4. The van der Waals surface area contributed by atoms with Gasteiger partial charge in [-0.3, -0.25) is 9.97 Å². The van der Waals surface area contributed by atoms with Crippen LogP contribution in [0, 0.1) is 0 Å². The molecule has 0 N–H and O–H groups in total. The third kappa shape index (κ3) is 3.59. The maximum Gasteiger partial charge on any atom is 0.186 e. The van der Waals surface area contributed by atoms with Crippen LogP contribution in [0.5, 0.6) is 5.75 Å². The highest BCUT2D eigenvalue weighted by Crippen LogP contribution is 2.32. The molecule has 0 fully saturated rings. The van der Waals surface area contributed by atoms with Crippen LogP contribution in [0.3, 0.4) is 0 Å². The number of fused-ring (bicyclic) bond motifs is 1. The Bertz CT molecular complexity index is 1240. The molecule has 0 aliphatic carbocycles. The molecular weight excluding hydrogens is 372 g/mol. The summed E-state index contributed by atoms with van der Waals surface area (Å²) in [5.41, 5.74) is 3.15. The molecule has 0 bridgehead atoms. The van der Waals surface area contributed by atoms with Gasteiger partial charge in [0.05, 0.1) is 18.4 Å². The van der Waals surface area contributed by atoms with Crippen molar-refractivity contribution in [2.75, 3.05) is 7.11 Å². The predicted molar refractivity (Wildman–Crippen MR) is 109 cm³/mol. The van der Waals surface area contributed by atoms with Crippen LogP contribution in [0.4, 0.5) is 0 Å². The summed E-state index contributed by atoms with van der Waals surface area (Å²) in [6.45, 7) is 0. The van der Waals surface area contributed by atoms with Crippen LogP contribution >= 0.6 is 0 Å². The maximum atomic E-state index is 13.2. The Morgan fingerprint density at radius 2 is 1.71 bits per heavy atom. The first-order chi connectivity index (χ1) is 13.6. The van der Waals surface area contributed by atoms with E-state index in [2.05, 4.69) is 9.97 Å². The van der Waals surface area contributed by atoms with Gasteiger partial charge in [0, 0.05) is 24.0 Å². The molecule has 0 unspecified atom stereocenters. The first-order valence-electron chi connectivity index (χ1n) is 8.72. The largest absolute Gasteiger partial charge is 0.495 e. The van der Waals surface area contributed by atoms with Gasteiger partial charge < -0.3 is 4.74 Å². The Morgan fingerprint density at radius 1 is 0.929 bits per heavy atom. The Labute approximate surface area is 163 Å². The van der Waals surface area contributed by atoms with Gasteiger partial charge in [0.15, 0.2) is 9.84 Å². The fourth-order valence-corrected chi connectivity index (χ4v) is 4.65. The zero-order chi connectivity index (χ0) is 19.6. The summed E-state index contributed by atoms with van der Waals surface area (Å²) in [6, 6.07) is 18.3. The first kappa shape index (κ1) is 18.1. The van der Waals surface area contributed by atoms with E-state index < -0.39 is 9.84 Å². The number of aromatic nitrogens is 2. The summed E-state index contributed by atoms with van der Waals surface area (Å²) < 4.78 is 31.7. The third-order valence-corrected chi connectivity index (χ3v) is 6.22. The molecule has 0 atom stereocenters. The molecular formula is C22H18N2O3S. The van der Waals surface area contributed by atoms with E-state index in [9.17, 15) is 8.42 Å². The Hall–Kier alpha value is -3.25. The predicted octanol–water partition coefficient (Wildman–Crippen LogP) is 4.28. The van der Waals surface area contributed by atoms with Crippen molar-refractivity contribution >= 4 is 20.7 Å². The van der Waals surface area contributed by atoms with Gasteiger partial charge in [-0.05, 0) is 53.1 Å². The lowest BCUT2D eigenvalue weighted by molar-refractivity contribution is 0.403. The van der Waals surface area contributed by atoms with E-state index in [0.29, 0.717) is 11.3 Å². The fourth-order valence-electron chi connectivity index (χ4n) is 3.14. The smallest absolute Gasteiger partial charge is 0.186 e. The van der Waals surface area contributed by atoms with Crippen LogP contribution in [0.2, 0.25) is 0 Å². The molecule has 2 aromatic heterocycles. The van der Waals surface area contributed by atoms with Crippen LogP contribution in [0.1, 0.15) is 5.56 Å². The molecule has 2 heterocycles. The molecule has 6 heteroatoms. The second kappa shape index (κ2) is 7.40. The Balaban J connectivity index is 1.75. The number of benzene rings is 2. The van der Waals surface area contributed by atoms with E-state index in [4.69, 9.17) is 4.74 Å². The molecule has 28 heavy (non-hydrogen) atoms. The van der Waals surface area contributed by atoms with Gasteiger partial charge in [0.1, 0.15) is 10.6 Å². The number of hydrogen-bond acceptors (Lipinski definition) is 5. The van der Waals surface area contributed by atoms with E-state index >= 15 is 0 Å². The van der Waals surface area contributed by atoms with Crippen molar-refractivity contribution in [1.29, 1.82) is 0 Å². The van der Waals surface area contributed by atoms with E-state index in [-0.39, 0.29) is 10.6 Å². The number of hydrogen-bond donors (Lipinski definition) is 0. The van der Waals surface area contributed by atoms with Crippen LogP contribution < -0.4 is 4.74 Å². The number of ether oxygens (including phenoxy) is 1. The molecule has 5 nitrogen and oxygen atoms in total. The molecule has 0 aliphatic heterocycles. The molecule has 140 valence electrons. The summed E-state index contributed by atoms with van der Waals surface area (Å²) in [5, 5.41) is 0.910. The highest BCUT2D eigenvalue weighted by atomic mass is 32.2. The van der Waals surface area contributed by atoms with Crippen LogP contribution in [-0.4, -0.2) is 25.5 Å². The van der Waals surface area contributed by atoms with Crippen molar-refractivity contribution in [1.82, 2.24) is 9.97 Å².